The van der Waals surface area contributed by atoms with E-state index in [1.54, 1.807) is 12.1 Å². The normalized spacial score (nSPS) is 12.2. The molecular weight excluding hydrogens is 344 g/mol. The zero-order valence-corrected chi connectivity index (χ0v) is 11.6. The Hall–Kier alpha value is -0.590. The molecule has 0 radical (unpaired) electrons. The van der Waals surface area contributed by atoms with Crippen molar-refractivity contribution in [1.82, 2.24) is 0 Å². The third kappa shape index (κ3) is 3.20. The summed E-state index contributed by atoms with van der Waals surface area (Å²) in [7, 11) is 0. The van der Waals surface area contributed by atoms with Crippen LogP contribution in [0.25, 0.3) is 0 Å². The van der Waals surface area contributed by atoms with E-state index in [0.29, 0.717) is 20.3 Å². The van der Waals surface area contributed by atoms with E-state index < -0.39 is 12.1 Å². The second-order valence-electron chi connectivity index (χ2n) is 3.15. The average molecular weight is 354 g/mol. The summed E-state index contributed by atoms with van der Waals surface area (Å²) in [4.78, 5) is 10.7. The minimum atomic E-state index is -1.04. The number of carboxylic acids is 1. The highest BCUT2D eigenvalue weighted by Gasteiger charge is 2.17. The van der Waals surface area contributed by atoms with Crippen LogP contribution in [0.3, 0.4) is 0 Å². The number of aliphatic hydroxyl groups excluding tert-OH is 1. The Kier molecular flexibility index (Phi) is 4.76. The molecule has 88 valence electrons. The van der Waals surface area contributed by atoms with Crippen molar-refractivity contribution >= 4 is 37.8 Å². The number of ether oxygens (including phenoxy) is 1. The van der Waals surface area contributed by atoms with E-state index in [4.69, 9.17) is 14.9 Å². The van der Waals surface area contributed by atoms with Crippen LogP contribution in [0.4, 0.5) is 0 Å². The quantitative estimate of drug-likeness (QED) is 0.872. The number of rotatable bonds is 4. The van der Waals surface area contributed by atoms with Gasteiger partial charge in [-0.15, -0.1) is 0 Å². The Morgan fingerprint density at radius 2 is 1.94 bits per heavy atom. The Morgan fingerprint density at radius 3 is 2.31 bits per heavy atom. The van der Waals surface area contributed by atoms with Gasteiger partial charge in [0.15, 0.2) is 6.10 Å². The summed E-state index contributed by atoms with van der Waals surface area (Å²) in [5, 5.41) is 17.7. The van der Waals surface area contributed by atoms with E-state index in [-0.39, 0.29) is 6.61 Å². The highest BCUT2D eigenvalue weighted by molar-refractivity contribution is 9.11. The van der Waals surface area contributed by atoms with Gasteiger partial charge in [-0.3, -0.25) is 0 Å². The topological polar surface area (TPSA) is 66.8 Å². The molecule has 0 amide bonds. The summed E-state index contributed by atoms with van der Waals surface area (Å²) in [5.74, 6) is -0.628. The molecule has 0 heterocycles. The van der Waals surface area contributed by atoms with Gasteiger partial charge in [-0.1, -0.05) is 0 Å². The molecular formula is C10H10Br2O4. The van der Waals surface area contributed by atoms with E-state index in [1.807, 2.05) is 0 Å². The van der Waals surface area contributed by atoms with E-state index in [0.717, 1.165) is 0 Å². The second kappa shape index (κ2) is 5.65. The molecule has 1 atom stereocenters. The summed E-state index contributed by atoms with van der Waals surface area (Å²) < 4.78 is 6.45. The highest BCUT2D eigenvalue weighted by atomic mass is 79.9. The van der Waals surface area contributed by atoms with Gasteiger partial charge in [0.2, 0.25) is 0 Å². The molecule has 0 saturated carbocycles. The van der Waals surface area contributed by atoms with Gasteiger partial charge in [-0.05, 0) is 56.5 Å². The van der Waals surface area contributed by atoms with Crippen LogP contribution >= 0.6 is 31.9 Å². The van der Waals surface area contributed by atoms with E-state index >= 15 is 0 Å². The lowest BCUT2D eigenvalue weighted by atomic mass is 10.2. The average Bonchev–Trinajstić information content (AvgIpc) is 2.22. The summed E-state index contributed by atoms with van der Waals surface area (Å²) in [6, 6.07) is 3.35. The first-order chi connectivity index (χ1) is 7.45. The Balaban J connectivity index is 3.01. The first-order valence-corrected chi connectivity index (χ1v) is 6.02. The SMILES string of the molecule is CC(Oc1c(Br)cc(CO)cc1Br)C(=O)O. The van der Waals surface area contributed by atoms with E-state index in [9.17, 15) is 4.79 Å². The molecule has 0 saturated heterocycles. The van der Waals surface area contributed by atoms with Crippen molar-refractivity contribution in [2.45, 2.75) is 19.6 Å². The molecule has 0 aliphatic carbocycles. The molecule has 1 aromatic rings. The molecule has 4 nitrogen and oxygen atoms in total. The number of aliphatic hydroxyl groups is 1. The maximum atomic E-state index is 10.7. The molecule has 1 rings (SSSR count). The summed E-state index contributed by atoms with van der Waals surface area (Å²) >= 11 is 6.51. The predicted molar refractivity (Wildman–Crippen MR) is 65.5 cm³/mol. The molecule has 1 aromatic carbocycles. The first-order valence-electron chi connectivity index (χ1n) is 4.44. The van der Waals surface area contributed by atoms with Gasteiger partial charge >= 0.3 is 5.97 Å². The Bertz CT molecular complexity index is 383. The fraction of sp³-hybridized carbons (Fsp3) is 0.300. The van der Waals surface area contributed by atoms with Gasteiger partial charge in [0.05, 0.1) is 15.6 Å². The summed E-state index contributed by atoms with van der Waals surface area (Å²) in [6.07, 6.45) is -0.937. The van der Waals surface area contributed by atoms with Crippen molar-refractivity contribution in [3.05, 3.63) is 26.6 Å². The lowest BCUT2D eigenvalue weighted by molar-refractivity contribution is -0.144. The van der Waals surface area contributed by atoms with Gasteiger partial charge < -0.3 is 14.9 Å². The molecule has 0 spiro atoms. The van der Waals surface area contributed by atoms with Crippen LogP contribution in [-0.2, 0) is 11.4 Å². The maximum absolute atomic E-state index is 10.7. The fourth-order valence-corrected chi connectivity index (χ4v) is 2.51. The molecule has 0 aromatic heterocycles. The van der Waals surface area contributed by atoms with Gasteiger partial charge in [-0.2, -0.15) is 0 Å². The Morgan fingerprint density at radius 1 is 1.44 bits per heavy atom. The number of hydrogen-bond donors (Lipinski definition) is 2. The lowest BCUT2D eigenvalue weighted by Crippen LogP contribution is -2.23. The van der Waals surface area contributed by atoms with Crippen LogP contribution in [0.15, 0.2) is 21.1 Å². The number of hydrogen-bond acceptors (Lipinski definition) is 3. The summed E-state index contributed by atoms with van der Waals surface area (Å²) in [5.41, 5.74) is 0.703. The highest BCUT2D eigenvalue weighted by Crippen LogP contribution is 2.35. The van der Waals surface area contributed by atoms with E-state index in [2.05, 4.69) is 31.9 Å². The van der Waals surface area contributed by atoms with Crippen molar-refractivity contribution < 1.29 is 19.7 Å². The third-order valence-electron chi connectivity index (χ3n) is 1.88. The van der Waals surface area contributed by atoms with E-state index in [1.165, 1.54) is 6.92 Å². The molecule has 0 fully saturated rings. The van der Waals surface area contributed by atoms with Gasteiger partial charge in [0.1, 0.15) is 5.75 Å². The molecule has 16 heavy (non-hydrogen) atoms. The first kappa shape index (κ1) is 13.5. The smallest absolute Gasteiger partial charge is 0.344 e. The van der Waals surface area contributed by atoms with Gasteiger partial charge in [-0.25, -0.2) is 4.79 Å². The maximum Gasteiger partial charge on any atom is 0.344 e. The van der Waals surface area contributed by atoms with Crippen LogP contribution in [0.2, 0.25) is 0 Å². The number of aliphatic carboxylic acids is 1. The summed E-state index contributed by atoms with van der Waals surface area (Å²) in [6.45, 7) is 1.35. The zero-order chi connectivity index (χ0) is 12.3. The molecule has 0 aliphatic rings. The van der Waals surface area contributed by atoms with Gasteiger partial charge in [0, 0.05) is 0 Å². The van der Waals surface area contributed by atoms with Crippen LogP contribution < -0.4 is 4.74 Å². The van der Waals surface area contributed by atoms with Gasteiger partial charge in [0.25, 0.3) is 0 Å². The van der Waals surface area contributed by atoms with Crippen LogP contribution in [0, 0.1) is 0 Å². The molecule has 1 unspecified atom stereocenters. The van der Waals surface area contributed by atoms with Crippen molar-refractivity contribution in [2.75, 3.05) is 0 Å². The molecule has 0 bridgehead atoms. The fourth-order valence-electron chi connectivity index (χ4n) is 1.04. The van der Waals surface area contributed by atoms with Crippen molar-refractivity contribution in [3.63, 3.8) is 0 Å². The van der Waals surface area contributed by atoms with Crippen molar-refractivity contribution in [2.24, 2.45) is 0 Å². The van der Waals surface area contributed by atoms with Crippen LogP contribution in [0.5, 0.6) is 5.75 Å². The third-order valence-corrected chi connectivity index (χ3v) is 3.06. The number of carbonyl (C=O) groups is 1. The second-order valence-corrected chi connectivity index (χ2v) is 4.85. The zero-order valence-electron chi connectivity index (χ0n) is 8.41. The number of carboxylic acid groups (broad SMARTS) is 1. The Labute approximate surface area is 109 Å². The monoisotopic (exact) mass is 352 g/mol. The van der Waals surface area contributed by atoms with Crippen LogP contribution in [-0.4, -0.2) is 22.3 Å². The van der Waals surface area contributed by atoms with Crippen LogP contribution in [0.1, 0.15) is 12.5 Å². The lowest BCUT2D eigenvalue weighted by Gasteiger charge is -2.14. The minimum absolute atomic E-state index is 0.0913. The number of halogens is 2. The molecule has 6 heteroatoms. The predicted octanol–water partition coefficient (Wildman–Crippen LogP) is 2.56. The molecule has 0 aliphatic heterocycles. The largest absolute Gasteiger partial charge is 0.479 e. The van der Waals surface area contributed by atoms with Crippen molar-refractivity contribution in [1.29, 1.82) is 0 Å². The van der Waals surface area contributed by atoms with Crippen molar-refractivity contribution in [3.8, 4) is 5.75 Å². The number of benzene rings is 1. The molecule has 2 N–H and O–H groups in total. The minimum Gasteiger partial charge on any atom is -0.479 e. The standard InChI is InChI=1S/C10H10Br2O4/c1-5(10(14)15)16-9-7(11)2-6(4-13)3-8(9)12/h2-3,5,13H,4H2,1H3,(H,14,15).